The zero-order chi connectivity index (χ0) is 21.8. The van der Waals surface area contributed by atoms with Gasteiger partial charge in [-0.25, -0.2) is 4.79 Å². The van der Waals surface area contributed by atoms with E-state index in [1.165, 1.54) is 6.26 Å². The second kappa shape index (κ2) is 8.66. The maximum absolute atomic E-state index is 12.4. The van der Waals surface area contributed by atoms with Gasteiger partial charge in [-0.1, -0.05) is 17.7 Å². The molecule has 8 nitrogen and oxygen atoms in total. The summed E-state index contributed by atoms with van der Waals surface area (Å²) in [5.41, 5.74) is 2.75. The summed E-state index contributed by atoms with van der Waals surface area (Å²) in [6.45, 7) is 3.65. The van der Waals surface area contributed by atoms with Gasteiger partial charge in [0.2, 0.25) is 5.89 Å². The fraction of sp³-hybridized carbons (Fsp3) is 0.130. The third kappa shape index (κ3) is 4.69. The minimum absolute atomic E-state index is 0.196. The number of furan rings is 1. The Hall–Kier alpha value is -4.20. The molecular weight excluding hydrogens is 398 g/mol. The largest absolute Gasteiger partial charge is 0.459 e. The molecule has 0 spiro atoms. The lowest BCUT2D eigenvalue weighted by molar-refractivity contribution is 0.0280. The highest BCUT2D eigenvalue weighted by Gasteiger charge is 2.20. The fourth-order valence-electron chi connectivity index (χ4n) is 2.78. The number of carbonyl (C=O) groups is 2. The first-order valence-corrected chi connectivity index (χ1v) is 9.56. The average Bonchev–Trinajstić information content (AvgIpc) is 3.47. The Labute approximate surface area is 177 Å². The van der Waals surface area contributed by atoms with E-state index in [2.05, 4.69) is 15.5 Å². The highest BCUT2D eigenvalue weighted by molar-refractivity contribution is 6.02. The molecule has 8 heteroatoms. The summed E-state index contributed by atoms with van der Waals surface area (Å²) < 4.78 is 16.1. The number of esters is 1. The van der Waals surface area contributed by atoms with E-state index in [1.54, 1.807) is 43.3 Å². The second-order valence-electron chi connectivity index (χ2n) is 6.87. The molecule has 0 radical (unpaired) electrons. The van der Waals surface area contributed by atoms with E-state index in [0.29, 0.717) is 17.1 Å². The molecule has 4 rings (SSSR count). The Morgan fingerprint density at radius 3 is 2.42 bits per heavy atom. The van der Waals surface area contributed by atoms with Crippen LogP contribution in [0.5, 0.6) is 0 Å². The van der Waals surface area contributed by atoms with Crippen molar-refractivity contribution in [3.63, 3.8) is 0 Å². The number of hydrogen-bond donors (Lipinski definition) is 1. The molecule has 2 aromatic carbocycles. The first-order valence-electron chi connectivity index (χ1n) is 9.56. The summed E-state index contributed by atoms with van der Waals surface area (Å²) in [7, 11) is 0. The summed E-state index contributed by atoms with van der Waals surface area (Å²) in [4.78, 5) is 24.4. The second-order valence-corrected chi connectivity index (χ2v) is 6.87. The predicted molar refractivity (Wildman–Crippen MR) is 111 cm³/mol. The first-order chi connectivity index (χ1) is 15.0. The van der Waals surface area contributed by atoms with Gasteiger partial charge in [-0.2, -0.15) is 0 Å². The molecule has 1 N–H and O–H groups in total. The summed E-state index contributed by atoms with van der Waals surface area (Å²) in [5.74, 6) is -0.177. The summed E-state index contributed by atoms with van der Waals surface area (Å²) in [6, 6.07) is 17.2. The molecule has 0 fully saturated rings. The van der Waals surface area contributed by atoms with Crippen molar-refractivity contribution in [2.24, 2.45) is 0 Å². The van der Waals surface area contributed by atoms with Gasteiger partial charge in [0.25, 0.3) is 11.8 Å². The van der Waals surface area contributed by atoms with Gasteiger partial charge in [0.1, 0.15) is 0 Å². The van der Waals surface area contributed by atoms with Crippen LogP contribution in [0.1, 0.15) is 45.4 Å². The lowest BCUT2D eigenvalue weighted by atomic mass is 10.1. The number of hydrogen-bond acceptors (Lipinski definition) is 7. The van der Waals surface area contributed by atoms with Crippen molar-refractivity contribution >= 4 is 17.6 Å². The zero-order valence-corrected chi connectivity index (χ0v) is 16.9. The van der Waals surface area contributed by atoms with Crippen LogP contribution in [0.2, 0.25) is 0 Å². The molecule has 0 bridgehead atoms. The number of benzene rings is 2. The molecule has 4 aromatic rings. The van der Waals surface area contributed by atoms with E-state index < -0.39 is 12.1 Å². The quantitative estimate of drug-likeness (QED) is 0.449. The third-order valence-electron chi connectivity index (χ3n) is 4.49. The van der Waals surface area contributed by atoms with Gasteiger partial charge in [-0.05, 0) is 62.4 Å². The van der Waals surface area contributed by atoms with Crippen LogP contribution in [0.15, 0.2) is 75.8 Å². The Morgan fingerprint density at radius 2 is 1.74 bits per heavy atom. The molecule has 156 valence electrons. The Morgan fingerprint density at radius 1 is 1.00 bits per heavy atom. The maximum Gasteiger partial charge on any atom is 0.338 e. The van der Waals surface area contributed by atoms with E-state index in [9.17, 15) is 9.59 Å². The highest BCUT2D eigenvalue weighted by Crippen LogP contribution is 2.23. The smallest absolute Gasteiger partial charge is 0.338 e. The maximum atomic E-state index is 12.4. The molecule has 1 atom stereocenters. The number of carbonyl (C=O) groups excluding carboxylic acids is 2. The van der Waals surface area contributed by atoms with E-state index in [0.717, 1.165) is 11.1 Å². The topological polar surface area (TPSA) is 107 Å². The molecule has 2 aromatic heterocycles. The standard InChI is InChI=1S/C23H19N3O5/c1-14-5-7-16(8-6-14)22-26-25-21(31-22)15(2)30-23(28)17-9-11-18(12-10-17)24-20(27)19-4-3-13-29-19/h3-13,15H,1-2H3,(H,24,27)/t15-/m1/s1. The van der Waals surface area contributed by atoms with Crippen molar-refractivity contribution < 1.29 is 23.2 Å². The molecule has 0 unspecified atom stereocenters. The molecule has 0 saturated heterocycles. The van der Waals surface area contributed by atoms with E-state index in [-0.39, 0.29) is 17.6 Å². The van der Waals surface area contributed by atoms with Crippen molar-refractivity contribution in [3.8, 4) is 11.5 Å². The Bertz CT molecular complexity index is 1180. The normalized spacial score (nSPS) is 11.7. The van der Waals surface area contributed by atoms with Gasteiger partial charge in [-0.15, -0.1) is 10.2 Å². The Kier molecular flexibility index (Phi) is 5.61. The van der Waals surface area contributed by atoms with Crippen molar-refractivity contribution in [1.29, 1.82) is 0 Å². The molecule has 2 heterocycles. The number of nitrogens with zero attached hydrogens (tertiary/aromatic N) is 2. The molecule has 0 aliphatic heterocycles. The third-order valence-corrected chi connectivity index (χ3v) is 4.49. The van der Waals surface area contributed by atoms with E-state index in [4.69, 9.17) is 13.6 Å². The van der Waals surface area contributed by atoms with Crippen LogP contribution < -0.4 is 5.32 Å². The molecule has 0 aliphatic rings. The first kappa shape index (κ1) is 20.1. The average molecular weight is 417 g/mol. The van der Waals surface area contributed by atoms with Gasteiger partial charge in [0.05, 0.1) is 11.8 Å². The van der Waals surface area contributed by atoms with Crippen LogP contribution in [-0.4, -0.2) is 22.1 Å². The molecule has 1 amide bonds. The van der Waals surface area contributed by atoms with Crippen LogP contribution in [-0.2, 0) is 4.74 Å². The number of rotatable bonds is 6. The Balaban J connectivity index is 1.37. The van der Waals surface area contributed by atoms with Crippen molar-refractivity contribution in [1.82, 2.24) is 10.2 Å². The zero-order valence-electron chi connectivity index (χ0n) is 16.9. The van der Waals surface area contributed by atoms with Crippen LogP contribution in [0.3, 0.4) is 0 Å². The number of anilines is 1. The number of nitrogens with one attached hydrogen (secondary N) is 1. The van der Waals surface area contributed by atoms with Gasteiger partial charge < -0.3 is 18.9 Å². The summed E-state index contributed by atoms with van der Waals surface area (Å²) in [6.07, 6.45) is 0.694. The fourth-order valence-corrected chi connectivity index (χ4v) is 2.78. The predicted octanol–water partition coefficient (Wildman–Crippen LogP) is 4.81. The van der Waals surface area contributed by atoms with Crippen LogP contribution in [0, 0.1) is 6.92 Å². The number of ether oxygens (including phenoxy) is 1. The van der Waals surface area contributed by atoms with Gasteiger partial charge in [0.15, 0.2) is 11.9 Å². The van der Waals surface area contributed by atoms with Crippen molar-refractivity contribution in [2.75, 3.05) is 5.32 Å². The van der Waals surface area contributed by atoms with Gasteiger partial charge in [-0.3, -0.25) is 4.79 Å². The number of aryl methyl sites for hydroxylation is 1. The van der Waals surface area contributed by atoms with Crippen LogP contribution in [0.4, 0.5) is 5.69 Å². The van der Waals surface area contributed by atoms with Crippen molar-refractivity contribution in [3.05, 3.63) is 89.7 Å². The molecular formula is C23H19N3O5. The minimum Gasteiger partial charge on any atom is -0.459 e. The van der Waals surface area contributed by atoms with Gasteiger partial charge >= 0.3 is 5.97 Å². The molecule has 0 saturated carbocycles. The highest BCUT2D eigenvalue weighted by atomic mass is 16.6. The van der Waals surface area contributed by atoms with Gasteiger partial charge in [0, 0.05) is 11.3 Å². The lowest BCUT2D eigenvalue weighted by Gasteiger charge is -2.10. The number of aromatic nitrogens is 2. The number of amides is 1. The van der Waals surface area contributed by atoms with Crippen LogP contribution in [0.25, 0.3) is 11.5 Å². The molecule has 31 heavy (non-hydrogen) atoms. The van der Waals surface area contributed by atoms with E-state index >= 15 is 0 Å². The monoisotopic (exact) mass is 417 g/mol. The SMILES string of the molecule is Cc1ccc(-c2nnc([C@@H](C)OC(=O)c3ccc(NC(=O)c4ccco4)cc3)o2)cc1. The summed E-state index contributed by atoms with van der Waals surface area (Å²) >= 11 is 0. The molecule has 0 aliphatic carbocycles. The van der Waals surface area contributed by atoms with E-state index in [1.807, 2.05) is 31.2 Å². The van der Waals surface area contributed by atoms with Crippen molar-refractivity contribution in [2.45, 2.75) is 20.0 Å². The minimum atomic E-state index is -0.725. The lowest BCUT2D eigenvalue weighted by Crippen LogP contribution is -2.12. The van der Waals surface area contributed by atoms with Crippen LogP contribution >= 0.6 is 0 Å². The summed E-state index contributed by atoms with van der Waals surface area (Å²) in [5, 5.41) is 10.7.